The molecule has 5 saturated heterocycles. The Kier molecular flexibility index (Phi) is 7.91. The van der Waals surface area contributed by atoms with Gasteiger partial charge < -0.3 is 28.2 Å². The van der Waals surface area contributed by atoms with Crippen molar-refractivity contribution < 1.29 is 28.3 Å². The minimum Gasteiger partial charge on any atom is -0.354 e. The third-order valence-corrected chi connectivity index (χ3v) is 19.0. The van der Waals surface area contributed by atoms with E-state index in [-0.39, 0.29) is 63.0 Å². The highest BCUT2D eigenvalue weighted by Gasteiger charge is 2.77. The summed E-state index contributed by atoms with van der Waals surface area (Å²) in [5.74, 6) is 1.52. The van der Waals surface area contributed by atoms with Gasteiger partial charge in [-0.3, -0.25) is 20.2 Å². The van der Waals surface area contributed by atoms with Crippen LogP contribution in [0.1, 0.15) is 42.4 Å². The molecule has 12 nitrogen and oxygen atoms in total. The van der Waals surface area contributed by atoms with E-state index in [4.69, 9.17) is 9.47 Å². The Morgan fingerprint density at radius 1 is 0.672 bits per heavy atom. The summed E-state index contributed by atoms with van der Waals surface area (Å²) in [6, 6.07) is 36.6. The second-order valence-corrected chi connectivity index (χ2v) is 21.1. The van der Waals surface area contributed by atoms with Crippen LogP contribution in [0.4, 0.5) is 22.7 Å². The third kappa shape index (κ3) is 4.92. The number of para-hydroxylation sites is 2. The van der Waals surface area contributed by atoms with Crippen LogP contribution < -0.4 is 9.80 Å². The molecular formula is C52H54N6O6+2. The van der Waals surface area contributed by atoms with Gasteiger partial charge in [-0.1, -0.05) is 48.6 Å². The fraction of sp³-hybridized carbons (Fsp3) is 0.462. The molecule has 0 amide bonds. The van der Waals surface area contributed by atoms with Gasteiger partial charge in [0.2, 0.25) is 0 Å². The Balaban J connectivity index is 0.948. The number of hydrogen-bond acceptors (Lipinski definition) is 8. The molecule has 8 aliphatic heterocycles. The van der Waals surface area contributed by atoms with E-state index in [0.29, 0.717) is 43.1 Å². The van der Waals surface area contributed by atoms with Crippen LogP contribution in [0.25, 0.3) is 0 Å². The fourth-order valence-corrected chi connectivity index (χ4v) is 17.0. The highest BCUT2D eigenvalue weighted by atomic mass is 16.6. The summed E-state index contributed by atoms with van der Waals surface area (Å²) in [4.78, 5) is 28.5. The monoisotopic (exact) mass is 858 g/mol. The van der Waals surface area contributed by atoms with Crippen LogP contribution in [0.5, 0.6) is 0 Å². The topological polar surface area (TPSA) is 111 Å². The number of piperidine rings is 2. The molecule has 4 bridgehead atoms. The number of rotatable bonds is 7. The van der Waals surface area contributed by atoms with Crippen LogP contribution in [0.3, 0.4) is 0 Å². The average Bonchev–Trinajstić information content (AvgIpc) is 3.85. The zero-order valence-electron chi connectivity index (χ0n) is 35.9. The van der Waals surface area contributed by atoms with Gasteiger partial charge in [0.15, 0.2) is 0 Å². The zero-order chi connectivity index (χ0) is 42.7. The van der Waals surface area contributed by atoms with Crippen molar-refractivity contribution in [1.29, 1.82) is 0 Å². The highest BCUT2D eigenvalue weighted by Crippen LogP contribution is 2.69. The summed E-state index contributed by atoms with van der Waals surface area (Å²) in [5, 5.41) is 23.4. The molecule has 2 aliphatic carbocycles. The van der Waals surface area contributed by atoms with Gasteiger partial charge in [0.25, 0.3) is 11.4 Å². The number of nitro benzene ring substituents is 2. The zero-order valence-corrected chi connectivity index (χ0v) is 35.9. The summed E-state index contributed by atoms with van der Waals surface area (Å²) >= 11 is 0. The predicted molar refractivity (Wildman–Crippen MR) is 240 cm³/mol. The molecule has 4 aromatic carbocycles. The molecule has 4 aromatic rings. The van der Waals surface area contributed by atoms with Crippen molar-refractivity contribution in [2.45, 2.75) is 80.8 Å². The van der Waals surface area contributed by atoms with Crippen LogP contribution in [-0.2, 0) is 28.0 Å². The number of hydrogen-bond donors (Lipinski definition) is 0. The van der Waals surface area contributed by atoms with Gasteiger partial charge in [-0.25, -0.2) is 0 Å². The minimum absolute atomic E-state index is 0.120. The van der Waals surface area contributed by atoms with Crippen molar-refractivity contribution in [1.82, 2.24) is 0 Å². The molecule has 64 heavy (non-hydrogen) atoms. The van der Waals surface area contributed by atoms with Crippen molar-refractivity contribution in [3.63, 3.8) is 0 Å². The molecule has 1 spiro atoms. The predicted octanol–water partition coefficient (Wildman–Crippen LogP) is 7.88. The molecule has 14 unspecified atom stereocenters. The largest absolute Gasteiger partial charge is 0.354 e. The maximum absolute atomic E-state index is 11.7. The van der Waals surface area contributed by atoms with Crippen LogP contribution in [0, 0.1) is 49.8 Å². The van der Waals surface area contributed by atoms with Crippen molar-refractivity contribution in [2.24, 2.45) is 29.6 Å². The average molecular weight is 859 g/mol. The highest BCUT2D eigenvalue weighted by molar-refractivity contribution is 5.68. The van der Waals surface area contributed by atoms with Gasteiger partial charge >= 0.3 is 0 Å². The molecule has 7 fully saturated rings. The normalized spacial score (nSPS) is 40.0. The minimum atomic E-state index is -0.294. The van der Waals surface area contributed by atoms with E-state index in [0.717, 1.165) is 73.9 Å². The first-order chi connectivity index (χ1) is 31.3. The van der Waals surface area contributed by atoms with Crippen molar-refractivity contribution in [2.75, 3.05) is 49.2 Å². The van der Waals surface area contributed by atoms with Gasteiger partial charge in [-0.05, 0) is 59.2 Å². The maximum Gasteiger partial charge on any atom is 0.269 e. The smallest absolute Gasteiger partial charge is 0.269 e. The van der Waals surface area contributed by atoms with E-state index in [1.807, 2.05) is 24.3 Å². The summed E-state index contributed by atoms with van der Waals surface area (Å²) in [5.41, 5.74) is 9.69. The molecule has 10 aliphatic rings. The lowest BCUT2D eigenvalue weighted by atomic mass is 9.53. The van der Waals surface area contributed by atoms with Gasteiger partial charge in [-0.2, -0.15) is 0 Å². The first kappa shape index (κ1) is 37.9. The SMILES string of the molecule is O=[N+]([O-])c1ccc(C[N+]23CCC4C5C6C(CC42)C(=CCOC6N2c4ccccc4C46CC[N+]7(Cc8ccc([N+](=O)[O-])cc8)CC8=CCOC(C(C8CC47)C26)N5c2ccccc2)C3)cc1. The number of anilines is 2. The van der Waals surface area contributed by atoms with E-state index in [1.165, 1.54) is 39.2 Å². The van der Waals surface area contributed by atoms with Crippen molar-refractivity contribution in [3.05, 3.63) is 163 Å². The van der Waals surface area contributed by atoms with Crippen LogP contribution in [0.2, 0.25) is 0 Å². The maximum atomic E-state index is 11.7. The number of non-ortho nitro benzene ring substituents is 2. The van der Waals surface area contributed by atoms with E-state index >= 15 is 0 Å². The van der Waals surface area contributed by atoms with Crippen LogP contribution >= 0.6 is 0 Å². The van der Waals surface area contributed by atoms with Crippen LogP contribution in [0.15, 0.2) is 126 Å². The van der Waals surface area contributed by atoms with Gasteiger partial charge in [0.05, 0.1) is 53.6 Å². The molecule has 8 heterocycles. The summed E-state index contributed by atoms with van der Waals surface area (Å²) in [7, 11) is 0. The van der Waals surface area contributed by atoms with E-state index < -0.39 is 0 Å². The molecule has 12 heteroatoms. The molecule has 326 valence electrons. The number of fused-ring (bicyclic) bond motifs is 4. The lowest BCUT2D eigenvalue weighted by Crippen LogP contribution is -2.77. The number of nitro groups is 2. The van der Waals surface area contributed by atoms with E-state index in [9.17, 15) is 20.2 Å². The Bertz CT molecular complexity index is 2680. The number of benzene rings is 4. The standard InChI is InChI=1S/C52H54N6O6/c59-55(60)37-14-10-32(11-15-37)28-57-22-18-39-44(57)26-40-34(30-57)19-24-63-50-46(40)48(39)53(36-6-2-1-3-7-36)51-47-41-27-45-52(42-8-4-5-9-43(42)54(50)49(47)52)21-23-58(45,31-35(41)20-25-64-51)29-33-12-16-38(17-13-33)56(61)62/h1-17,19-20,39-41,44-51H,18,21-31H2/q+2. The number of ether oxygens (including phenoxy) is 2. The van der Waals surface area contributed by atoms with E-state index in [2.05, 4.69) is 76.5 Å². The van der Waals surface area contributed by atoms with Gasteiger partial charge in [0.1, 0.15) is 44.7 Å². The second-order valence-electron chi connectivity index (χ2n) is 21.1. The summed E-state index contributed by atoms with van der Waals surface area (Å²) in [6.45, 7) is 7.03. The number of nitrogens with zero attached hydrogens (tertiary/aromatic N) is 6. The van der Waals surface area contributed by atoms with Crippen LogP contribution in [-0.4, -0.2) is 94.8 Å². The van der Waals surface area contributed by atoms with Crippen molar-refractivity contribution >= 4 is 22.7 Å². The van der Waals surface area contributed by atoms with E-state index in [1.54, 1.807) is 24.3 Å². The molecule has 14 rings (SSSR count). The molecular weight excluding hydrogens is 805 g/mol. The molecule has 0 radical (unpaired) electrons. The first-order valence-electron chi connectivity index (χ1n) is 23.8. The Hall–Kier alpha value is -5.40. The lowest BCUT2D eigenvalue weighted by molar-refractivity contribution is -0.955. The molecule has 14 atom stereocenters. The number of quaternary nitrogens is 2. The molecule has 0 N–H and O–H groups in total. The fourth-order valence-electron chi connectivity index (χ4n) is 17.0. The Morgan fingerprint density at radius 2 is 1.28 bits per heavy atom. The summed E-state index contributed by atoms with van der Waals surface area (Å²) in [6.07, 6.45) is 9.09. The molecule has 0 aromatic heterocycles. The first-order valence-corrected chi connectivity index (χ1v) is 23.8. The molecule has 2 saturated carbocycles. The summed E-state index contributed by atoms with van der Waals surface area (Å²) < 4.78 is 17.1. The lowest BCUT2D eigenvalue weighted by Gasteiger charge is -2.65. The van der Waals surface area contributed by atoms with Gasteiger partial charge in [-0.15, -0.1) is 0 Å². The third-order valence-electron chi connectivity index (χ3n) is 19.0. The Morgan fingerprint density at radius 3 is 1.97 bits per heavy atom. The quantitative estimate of drug-likeness (QED) is 0.0800. The second kappa shape index (κ2) is 13.3. The Labute approximate surface area is 372 Å². The van der Waals surface area contributed by atoms with Gasteiger partial charge in [0, 0.05) is 108 Å². The van der Waals surface area contributed by atoms with Crippen molar-refractivity contribution in [3.8, 4) is 0 Å².